The smallest absolute Gasteiger partial charge is 0.123 e. The molecule has 0 aliphatic heterocycles. The first-order valence-corrected chi connectivity index (χ1v) is 6.33. The van der Waals surface area contributed by atoms with E-state index in [2.05, 4.69) is 10.5 Å². The standard InChI is InChI=1S/C12H19N3OS/c1-8(13)11-6-10(4-5-12(11)16-3)7-17-15-9(2)14/h4-6,8H,7,13H2,1-3H3,(H2,14,15). The maximum atomic E-state index is 5.90. The molecule has 0 heterocycles. The van der Waals surface area contributed by atoms with Crippen molar-refractivity contribution >= 4 is 17.8 Å². The Morgan fingerprint density at radius 2 is 2.24 bits per heavy atom. The fourth-order valence-electron chi connectivity index (χ4n) is 1.44. The lowest BCUT2D eigenvalue weighted by Gasteiger charge is -2.13. The van der Waals surface area contributed by atoms with Crippen LogP contribution in [0.1, 0.15) is 31.0 Å². The fourth-order valence-corrected chi connectivity index (χ4v) is 2.03. The van der Waals surface area contributed by atoms with Gasteiger partial charge in [0.15, 0.2) is 0 Å². The van der Waals surface area contributed by atoms with Gasteiger partial charge in [-0.15, -0.1) is 0 Å². The molecular weight excluding hydrogens is 234 g/mol. The predicted octanol–water partition coefficient (Wildman–Crippen LogP) is 2.24. The second kappa shape index (κ2) is 6.51. The van der Waals surface area contributed by atoms with Gasteiger partial charge < -0.3 is 16.2 Å². The van der Waals surface area contributed by atoms with Crippen molar-refractivity contribution in [1.29, 1.82) is 0 Å². The van der Waals surface area contributed by atoms with Crippen LogP contribution in [0.15, 0.2) is 22.6 Å². The third-order valence-corrected chi connectivity index (χ3v) is 3.10. The van der Waals surface area contributed by atoms with Gasteiger partial charge in [-0.2, -0.15) is 0 Å². The van der Waals surface area contributed by atoms with Crippen LogP contribution in [0.3, 0.4) is 0 Å². The lowest BCUT2D eigenvalue weighted by Crippen LogP contribution is -2.07. The van der Waals surface area contributed by atoms with E-state index < -0.39 is 0 Å². The molecule has 17 heavy (non-hydrogen) atoms. The summed E-state index contributed by atoms with van der Waals surface area (Å²) in [6.45, 7) is 3.71. The Labute approximate surface area is 107 Å². The van der Waals surface area contributed by atoms with Gasteiger partial charge in [0.1, 0.15) is 11.6 Å². The van der Waals surface area contributed by atoms with Gasteiger partial charge in [0.2, 0.25) is 0 Å². The summed E-state index contributed by atoms with van der Waals surface area (Å²) in [6.07, 6.45) is 0. The molecule has 0 bridgehead atoms. The van der Waals surface area contributed by atoms with Gasteiger partial charge in [0, 0.05) is 17.4 Å². The topological polar surface area (TPSA) is 73.6 Å². The van der Waals surface area contributed by atoms with Gasteiger partial charge in [-0.05, 0) is 43.5 Å². The highest BCUT2D eigenvalue weighted by molar-refractivity contribution is 7.97. The lowest BCUT2D eigenvalue weighted by molar-refractivity contribution is 0.407. The van der Waals surface area contributed by atoms with Gasteiger partial charge in [-0.3, -0.25) is 0 Å². The molecule has 0 spiro atoms. The number of methoxy groups -OCH3 is 1. The number of rotatable bonds is 5. The van der Waals surface area contributed by atoms with Crippen LogP contribution in [0.4, 0.5) is 0 Å². The van der Waals surface area contributed by atoms with Crippen LogP contribution in [-0.2, 0) is 5.75 Å². The largest absolute Gasteiger partial charge is 0.496 e. The Morgan fingerprint density at radius 3 is 2.76 bits per heavy atom. The van der Waals surface area contributed by atoms with E-state index in [4.69, 9.17) is 16.2 Å². The van der Waals surface area contributed by atoms with Crippen LogP contribution in [0.2, 0.25) is 0 Å². The quantitative estimate of drug-likeness (QED) is 0.479. The maximum absolute atomic E-state index is 5.90. The number of amidine groups is 1. The highest BCUT2D eigenvalue weighted by Crippen LogP contribution is 2.26. The van der Waals surface area contributed by atoms with Gasteiger partial charge >= 0.3 is 0 Å². The molecule has 4 nitrogen and oxygen atoms in total. The van der Waals surface area contributed by atoms with E-state index in [1.54, 1.807) is 14.0 Å². The monoisotopic (exact) mass is 253 g/mol. The van der Waals surface area contributed by atoms with E-state index in [9.17, 15) is 0 Å². The van der Waals surface area contributed by atoms with Gasteiger partial charge in [0.25, 0.3) is 0 Å². The molecule has 0 fully saturated rings. The average Bonchev–Trinajstić information content (AvgIpc) is 2.28. The highest BCUT2D eigenvalue weighted by atomic mass is 32.2. The zero-order valence-electron chi connectivity index (χ0n) is 10.4. The molecular formula is C12H19N3OS. The minimum atomic E-state index is -0.0466. The number of benzene rings is 1. The minimum Gasteiger partial charge on any atom is -0.496 e. The van der Waals surface area contributed by atoms with E-state index in [1.165, 1.54) is 11.9 Å². The van der Waals surface area contributed by atoms with Crippen LogP contribution in [-0.4, -0.2) is 12.9 Å². The highest BCUT2D eigenvalue weighted by Gasteiger charge is 2.08. The Morgan fingerprint density at radius 1 is 1.53 bits per heavy atom. The van der Waals surface area contributed by atoms with Crippen LogP contribution in [0.5, 0.6) is 5.75 Å². The average molecular weight is 253 g/mol. The van der Waals surface area contributed by atoms with E-state index in [0.29, 0.717) is 5.84 Å². The zero-order valence-corrected chi connectivity index (χ0v) is 11.3. The van der Waals surface area contributed by atoms with Crippen LogP contribution in [0, 0.1) is 0 Å². The molecule has 1 rings (SSSR count). The molecule has 0 aromatic heterocycles. The van der Waals surface area contributed by atoms with Crippen molar-refractivity contribution in [2.45, 2.75) is 25.6 Å². The Balaban J connectivity index is 2.81. The van der Waals surface area contributed by atoms with Gasteiger partial charge in [-0.25, -0.2) is 4.40 Å². The summed E-state index contributed by atoms with van der Waals surface area (Å²) in [6, 6.07) is 5.96. The molecule has 0 aliphatic rings. The molecule has 4 N–H and O–H groups in total. The number of hydrogen-bond acceptors (Lipinski definition) is 4. The SMILES string of the molecule is COc1ccc(CS/N=C(/C)N)cc1C(C)N. The Kier molecular flexibility index (Phi) is 5.31. The molecule has 0 saturated heterocycles. The van der Waals surface area contributed by atoms with Crippen LogP contribution >= 0.6 is 11.9 Å². The van der Waals surface area contributed by atoms with Crippen molar-refractivity contribution in [2.75, 3.05) is 7.11 Å². The summed E-state index contributed by atoms with van der Waals surface area (Å²) in [7, 11) is 1.65. The summed E-state index contributed by atoms with van der Waals surface area (Å²) < 4.78 is 9.36. The first kappa shape index (κ1) is 13.9. The van der Waals surface area contributed by atoms with E-state index >= 15 is 0 Å². The van der Waals surface area contributed by atoms with Crippen molar-refractivity contribution in [3.05, 3.63) is 29.3 Å². The third-order valence-electron chi connectivity index (χ3n) is 2.22. The molecule has 94 valence electrons. The molecule has 0 amide bonds. The maximum Gasteiger partial charge on any atom is 0.123 e. The fraction of sp³-hybridized carbons (Fsp3) is 0.417. The first-order chi connectivity index (χ1) is 8.04. The van der Waals surface area contributed by atoms with Crippen molar-refractivity contribution in [2.24, 2.45) is 15.9 Å². The second-order valence-electron chi connectivity index (χ2n) is 3.87. The summed E-state index contributed by atoms with van der Waals surface area (Å²) in [5, 5.41) is 0. The molecule has 1 aromatic rings. The van der Waals surface area contributed by atoms with Crippen LogP contribution < -0.4 is 16.2 Å². The Hall–Kier alpha value is -1.20. The number of hydrogen-bond donors (Lipinski definition) is 2. The van der Waals surface area contributed by atoms with Crippen LogP contribution in [0.25, 0.3) is 0 Å². The number of nitrogens with two attached hydrogens (primary N) is 2. The van der Waals surface area contributed by atoms with E-state index in [1.807, 2.05) is 19.1 Å². The Bertz CT molecular complexity index is 401. The summed E-state index contributed by atoms with van der Waals surface area (Å²) in [5.41, 5.74) is 13.5. The first-order valence-electron chi connectivity index (χ1n) is 5.39. The summed E-state index contributed by atoms with van der Waals surface area (Å²) in [4.78, 5) is 0. The summed E-state index contributed by atoms with van der Waals surface area (Å²) >= 11 is 1.43. The van der Waals surface area contributed by atoms with Crippen molar-refractivity contribution in [3.8, 4) is 5.75 Å². The van der Waals surface area contributed by atoms with E-state index in [-0.39, 0.29) is 6.04 Å². The predicted molar refractivity (Wildman–Crippen MR) is 74.2 cm³/mol. The lowest BCUT2D eigenvalue weighted by atomic mass is 10.1. The molecule has 1 atom stereocenters. The minimum absolute atomic E-state index is 0.0466. The molecule has 1 aromatic carbocycles. The normalized spacial score (nSPS) is 13.5. The van der Waals surface area contributed by atoms with Crippen molar-refractivity contribution in [1.82, 2.24) is 0 Å². The van der Waals surface area contributed by atoms with E-state index in [0.717, 1.165) is 22.6 Å². The third kappa shape index (κ3) is 4.28. The second-order valence-corrected chi connectivity index (χ2v) is 4.60. The molecule has 0 saturated carbocycles. The van der Waals surface area contributed by atoms with Gasteiger partial charge in [0.05, 0.1) is 7.11 Å². The number of ether oxygens (including phenoxy) is 1. The molecule has 1 unspecified atom stereocenters. The molecule has 0 aliphatic carbocycles. The molecule has 0 radical (unpaired) electrons. The summed E-state index contributed by atoms with van der Waals surface area (Å²) in [5.74, 6) is 2.18. The van der Waals surface area contributed by atoms with Crippen molar-refractivity contribution in [3.63, 3.8) is 0 Å². The number of nitrogens with zero attached hydrogens (tertiary/aromatic N) is 1. The van der Waals surface area contributed by atoms with Crippen molar-refractivity contribution < 1.29 is 4.74 Å². The molecule has 5 heteroatoms. The zero-order chi connectivity index (χ0) is 12.8. The van der Waals surface area contributed by atoms with Gasteiger partial charge in [-0.1, -0.05) is 6.07 Å².